The third-order valence-corrected chi connectivity index (χ3v) is 1.35. The molecule has 0 spiro atoms. The molecule has 1 rings (SSSR count). The smallest absolute Gasteiger partial charge is 0.128 e. The summed E-state index contributed by atoms with van der Waals surface area (Å²) in [5, 5.41) is 10.0. The maximum atomic E-state index is 10.0. The van der Waals surface area contributed by atoms with Crippen LogP contribution >= 0.6 is 0 Å². The molecule has 0 heterocycles. The van der Waals surface area contributed by atoms with Gasteiger partial charge in [0.15, 0.2) is 0 Å². The van der Waals surface area contributed by atoms with Gasteiger partial charge in [-0.05, 0) is 24.6 Å². The Morgan fingerprint density at radius 1 is 1.58 bits per heavy atom. The molecular formula is C9H9O3-. The van der Waals surface area contributed by atoms with Crippen LogP contribution in [0.25, 0.3) is 0 Å². The number of hydrogen-bond donors (Lipinski definition) is 0. The van der Waals surface area contributed by atoms with Crippen molar-refractivity contribution in [3.63, 3.8) is 0 Å². The highest BCUT2D eigenvalue weighted by atomic mass is 16.5. The zero-order valence-electron chi connectivity index (χ0n) is 6.74. The number of aryl methyl sites for hydroxylation is 1. The zero-order chi connectivity index (χ0) is 8.97. The van der Waals surface area contributed by atoms with E-state index in [9.17, 15) is 9.90 Å². The fourth-order valence-electron chi connectivity index (χ4n) is 0.847. The van der Waals surface area contributed by atoms with Crippen molar-refractivity contribution in [3.05, 3.63) is 29.8 Å². The highest BCUT2D eigenvalue weighted by molar-refractivity contribution is 5.66. The number of carbonyl (C=O) groups is 1. The summed E-state index contributed by atoms with van der Waals surface area (Å²) in [4.78, 5) is 10.0. The summed E-state index contributed by atoms with van der Waals surface area (Å²) in [5.41, 5.74) is 1.03. The lowest BCUT2D eigenvalue weighted by Crippen LogP contribution is -2.28. The van der Waals surface area contributed by atoms with Crippen LogP contribution < -0.4 is 9.84 Å². The van der Waals surface area contributed by atoms with Crippen LogP contribution in [0, 0.1) is 6.92 Å². The van der Waals surface area contributed by atoms with Crippen LogP contribution in [0.5, 0.6) is 5.75 Å². The lowest BCUT2D eigenvalue weighted by Gasteiger charge is -2.06. The molecule has 0 bridgehead atoms. The summed E-state index contributed by atoms with van der Waals surface area (Å²) in [6.45, 7) is 1.51. The minimum atomic E-state index is -1.21. The summed E-state index contributed by atoms with van der Waals surface area (Å²) in [7, 11) is 0. The normalized spacial score (nSPS) is 9.42. The molecule has 0 aliphatic rings. The van der Waals surface area contributed by atoms with Crippen molar-refractivity contribution in [2.75, 3.05) is 6.61 Å². The Balaban J connectivity index is 2.57. The number of carboxylic acids is 1. The second kappa shape index (κ2) is 3.76. The van der Waals surface area contributed by atoms with Crippen molar-refractivity contribution in [2.24, 2.45) is 0 Å². The summed E-state index contributed by atoms with van der Waals surface area (Å²) in [6.07, 6.45) is 0. The molecule has 0 aromatic heterocycles. The molecule has 1 aromatic carbocycles. The van der Waals surface area contributed by atoms with Crippen molar-refractivity contribution in [3.8, 4) is 5.75 Å². The van der Waals surface area contributed by atoms with Crippen LogP contribution in [0.4, 0.5) is 0 Å². The standard InChI is InChI=1S/C9H10O3/c1-7-3-2-4-8(5-7)12-6-9(10)11/h2-5H,6H2,1H3,(H,10,11)/p-1. The van der Waals surface area contributed by atoms with Crippen LogP contribution in [-0.2, 0) is 4.79 Å². The van der Waals surface area contributed by atoms with Crippen molar-refractivity contribution in [1.82, 2.24) is 0 Å². The first-order valence-corrected chi connectivity index (χ1v) is 3.58. The lowest BCUT2D eigenvalue weighted by atomic mass is 10.2. The van der Waals surface area contributed by atoms with Gasteiger partial charge in [-0.2, -0.15) is 0 Å². The Morgan fingerprint density at radius 2 is 2.33 bits per heavy atom. The molecule has 0 amide bonds. The van der Waals surface area contributed by atoms with Gasteiger partial charge in [0.1, 0.15) is 12.4 Å². The van der Waals surface area contributed by atoms with Crippen molar-refractivity contribution < 1.29 is 14.6 Å². The van der Waals surface area contributed by atoms with E-state index in [1.54, 1.807) is 18.2 Å². The molecule has 0 N–H and O–H groups in total. The molecule has 0 aliphatic heterocycles. The fourth-order valence-corrected chi connectivity index (χ4v) is 0.847. The van der Waals surface area contributed by atoms with Crippen LogP contribution in [0.3, 0.4) is 0 Å². The van der Waals surface area contributed by atoms with E-state index in [1.165, 1.54) is 0 Å². The number of carboxylic acid groups (broad SMARTS) is 1. The van der Waals surface area contributed by atoms with Crippen molar-refractivity contribution in [1.29, 1.82) is 0 Å². The number of carbonyl (C=O) groups excluding carboxylic acids is 1. The Morgan fingerprint density at radius 3 is 2.92 bits per heavy atom. The monoisotopic (exact) mass is 165 g/mol. The molecule has 0 aliphatic carbocycles. The van der Waals surface area contributed by atoms with Crippen LogP contribution in [-0.4, -0.2) is 12.6 Å². The SMILES string of the molecule is Cc1cccc(OCC(=O)[O-])c1. The molecule has 64 valence electrons. The molecule has 1 aromatic rings. The van der Waals surface area contributed by atoms with E-state index in [2.05, 4.69) is 0 Å². The quantitative estimate of drug-likeness (QED) is 0.639. The average molecular weight is 165 g/mol. The Hall–Kier alpha value is -1.51. The minimum absolute atomic E-state index is 0.399. The van der Waals surface area contributed by atoms with Crippen LogP contribution in [0.15, 0.2) is 24.3 Å². The summed E-state index contributed by atoms with van der Waals surface area (Å²) < 4.78 is 4.89. The molecule has 0 fully saturated rings. The maximum Gasteiger partial charge on any atom is 0.128 e. The van der Waals surface area contributed by atoms with Gasteiger partial charge in [0.25, 0.3) is 0 Å². The number of aliphatic carboxylic acids is 1. The lowest BCUT2D eigenvalue weighted by molar-refractivity contribution is -0.307. The van der Waals surface area contributed by atoms with Crippen molar-refractivity contribution in [2.45, 2.75) is 6.92 Å². The topological polar surface area (TPSA) is 49.4 Å². The molecular weight excluding hydrogens is 156 g/mol. The summed E-state index contributed by atoms with van der Waals surface area (Å²) in [6, 6.07) is 7.19. The van der Waals surface area contributed by atoms with Gasteiger partial charge in [-0.15, -0.1) is 0 Å². The largest absolute Gasteiger partial charge is 0.546 e. The predicted molar refractivity (Wildman–Crippen MR) is 41.7 cm³/mol. The van der Waals surface area contributed by atoms with E-state index in [0.717, 1.165) is 5.56 Å². The van der Waals surface area contributed by atoms with E-state index >= 15 is 0 Å². The Bertz CT molecular complexity index is 281. The number of ether oxygens (including phenoxy) is 1. The molecule has 0 atom stereocenters. The summed E-state index contributed by atoms with van der Waals surface area (Å²) in [5.74, 6) is -0.657. The van der Waals surface area contributed by atoms with E-state index in [0.29, 0.717) is 5.75 Å². The predicted octanol–water partition coefficient (Wildman–Crippen LogP) is 0.124. The van der Waals surface area contributed by atoms with E-state index in [-0.39, 0.29) is 0 Å². The Labute approximate surface area is 70.6 Å². The highest BCUT2D eigenvalue weighted by Crippen LogP contribution is 2.11. The van der Waals surface area contributed by atoms with E-state index in [4.69, 9.17) is 4.74 Å². The van der Waals surface area contributed by atoms with Gasteiger partial charge < -0.3 is 14.6 Å². The molecule has 3 nitrogen and oxygen atoms in total. The third kappa shape index (κ3) is 2.62. The minimum Gasteiger partial charge on any atom is -0.546 e. The molecule has 0 saturated carbocycles. The summed E-state index contributed by atoms with van der Waals surface area (Å²) >= 11 is 0. The number of benzene rings is 1. The van der Waals surface area contributed by atoms with Crippen molar-refractivity contribution >= 4 is 5.97 Å². The first-order valence-electron chi connectivity index (χ1n) is 3.58. The second-order valence-corrected chi connectivity index (χ2v) is 2.48. The first-order chi connectivity index (χ1) is 5.68. The van der Waals surface area contributed by atoms with Crippen LogP contribution in [0.1, 0.15) is 5.56 Å². The molecule has 12 heavy (non-hydrogen) atoms. The number of hydrogen-bond acceptors (Lipinski definition) is 3. The van der Waals surface area contributed by atoms with Gasteiger partial charge >= 0.3 is 0 Å². The second-order valence-electron chi connectivity index (χ2n) is 2.48. The molecule has 0 unspecified atom stereocenters. The molecule has 0 radical (unpaired) electrons. The van der Waals surface area contributed by atoms with Gasteiger partial charge in [0.2, 0.25) is 0 Å². The number of rotatable bonds is 3. The van der Waals surface area contributed by atoms with Gasteiger partial charge in [-0.25, -0.2) is 0 Å². The van der Waals surface area contributed by atoms with Gasteiger partial charge in [0.05, 0.1) is 5.97 Å². The first kappa shape index (κ1) is 8.59. The maximum absolute atomic E-state index is 10.0. The van der Waals surface area contributed by atoms with E-state index < -0.39 is 12.6 Å². The molecule has 0 saturated heterocycles. The average Bonchev–Trinajstić information content (AvgIpc) is 2.01. The molecule has 3 heteroatoms. The van der Waals surface area contributed by atoms with Gasteiger partial charge in [-0.1, -0.05) is 12.1 Å². The van der Waals surface area contributed by atoms with Gasteiger partial charge in [0, 0.05) is 0 Å². The fraction of sp³-hybridized carbons (Fsp3) is 0.222. The van der Waals surface area contributed by atoms with Gasteiger partial charge in [-0.3, -0.25) is 0 Å². The zero-order valence-corrected chi connectivity index (χ0v) is 6.74. The van der Waals surface area contributed by atoms with Crippen LogP contribution in [0.2, 0.25) is 0 Å². The highest BCUT2D eigenvalue weighted by Gasteiger charge is 1.92. The Kier molecular flexibility index (Phi) is 2.69. The van der Waals surface area contributed by atoms with E-state index in [1.807, 2.05) is 13.0 Å². The third-order valence-electron chi connectivity index (χ3n) is 1.35.